The second-order valence-electron chi connectivity index (χ2n) is 6.80. The molecule has 28 heavy (non-hydrogen) atoms. The highest BCUT2D eigenvalue weighted by Crippen LogP contribution is 2.17. The molecule has 0 spiro atoms. The number of aromatic nitrogens is 3. The van der Waals surface area contributed by atoms with Gasteiger partial charge in [-0.3, -0.25) is 4.99 Å². The van der Waals surface area contributed by atoms with Crippen molar-refractivity contribution in [3.8, 4) is 0 Å². The van der Waals surface area contributed by atoms with E-state index in [9.17, 15) is 0 Å². The van der Waals surface area contributed by atoms with Gasteiger partial charge in [-0.1, -0.05) is 43.8 Å². The topological polar surface area (TPSA) is 67.1 Å². The van der Waals surface area contributed by atoms with Gasteiger partial charge in [-0.15, -0.1) is 22.0 Å². The Morgan fingerprint density at radius 2 is 1.89 bits per heavy atom. The van der Waals surface area contributed by atoms with Crippen LogP contribution in [-0.2, 0) is 13.0 Å². The van der Waals surface area contributed by atoms with Crippen LogP contribution in [0.4, 0.5) is 0 Å². The number of guanidine groups is 1. The fourth-order valence-corrected chi connectivity index (χ4v) is 4.04. The minimum atomic E-state index is 0.579. The molecular formula is C20H32N6S2. The summed E-state index contributed by atoms with van der Waals surface area (Å²) in [6, 6.07) is 10.5. The summed E-state index contributed by atoms with van der Waals surface area (Å²) in [6.07, 6.45) is 3.95. The van der Waals surface area contributed by atoms with Crippen LogP contribution in [0, 0.1) is 5.92 Å². The van der Waals surface area contributed by atoms with E-state index in [1.54, 1.807) is 11.8 Å². The molecule has 1 aromatic carbocycles. The van der Waals surface area contributed by atoms with E-state index in [2.05, 4.69) is 74.8 Å². The molecule has 0 saturated heterocycles. The van der Waals surface area contributed by atoms with Crippen molar-refractivity contribution in [3.63, 3.8) is 0 Å². The number of aliphatic imine (C=N–C) groups is 1. The minimum Gasteiger partial charge on any atom is -0.356 e. The average Bonchev–Trinajstić information content (AvgIpc) is 3.08. The lowest BCUT2D eigenvalue weighted by molar-refractivity contribution is 0.477. The number of benzene rings is 1. The maximum absolute atomic E-state index is 4.38. The van der Waals surface area contributed by atoms with Gasteiger partial charge in [-0.2, -0.15) is 0 Å². The number of nitrogens with one attached hydrogen (secondary N) is 2. The molecule has 154 valence electrons. The molecule has 0 aliphatic rings. The van der Waals surface area contributed by atoms with Crippen molar-refractivity contribution in [2.75, 3.05) is 32.1 Å². The van der Waals surface area contributed by atoms with Crippen molar-refractivity contribution in [1.82, 2.24) is 25.4 Å². The van der Waals surface area contributed by atoms with E-state index in [4.69, 9.17) is 0 Å². The summed E-state index contributed by atoms with van der Waals surface area (Å²) in [5.74, 6) is 3.50. The Balaban J connectivity index is 1.68. The van der Waals surface area contributed by atoms with Crippen LogP contribution in [0.5, 0.6) is 0 Å². The molecule has 2 rings (SSSR count). The fourth-order valence-electron chi connectivity index (χ4n) is 2.73. The normalized spacial score (nSPS) is 11.8. The molecule has 0 atom stereocenters. The number of thioether (sulfide) groups is 2. The first kappa shape index (κ1) is 22.6. The van der Waals surface area contributed by atoms with E-state index in [-0.39, 0.29) is 0 Å². The zero-order valence-corrected chi connectivity index (χ0v) is 18.9. The van der Waals surface area contributed by atoms with Crippen molar-refractivity contribution < 1.29 is 0 Å². The lowest BCUT2D eigenvalue weighted by atomic mass is 10.2. The van der Waals surface area contributed by atoms with Gasteiger partial charge >= 0.3 is 0 Å². The van der Waals surface area contributed by atoms with Gasteiger partial charge in [0.25, 0.3) is 0 Å². The Bertz CT molecular complexity index is 715. The van der Waals surface area contributed by atoms with E-state index in [1.165, 1.54) is 4.90 Å². The van der Waals surface area contributed by atoms with E-state index in [0.717, 1.165) is 55.2 Å². The summed E-state index contributed by atoms with van der Waals surface area (Å²) >= 11 is 3.50. The van der Waals surface area contributed by atoms with E-state index in [0.29, 0.717) is 5.92 Å². The van der Waals surface area contributed by atoms with Crippen LogP contribution in [0.3, 0.4) is 0 Å². The Labute approximate surface area is 177 Å². The molecule has 1 aromatic heterocycles. The Hall–Kier alpha value is -1.67. The van der Waals surface area contributed by atoms with Crippen LogP contribution in [0.2, 0.25) is 0 Å². The van der Waals surface area contributed by atoms with Gasteiger partial charge in [0.15, 0.2) is 11.1 Å². The molecule has 8 heteroatoms. The molecule has 0 aliphatic carbocycles. The number of hydrogen-bond acceptors (Lipinski definition) is 5. The van der Waals surface area contributed by atoms with Crippen molar-refractivity contribution in [1.29, 1.82) is 0 Å². The molecule has 0 unspecified atom stereocenters. The van der Waals surface area contributed by atoms with Crippen LogP contribution in [0.25, 0.3) is 0 Å². The smallest absolute Gasteiger partial charge is 0.191 e. The van der Waals surface area contributed by atoms with Crippen LogP contribution in [0.15, 0.2) is 45.4 Å². The number of aryl methyl sites for hydroxylation is 1. The quantitative estimate of drug-likeness (QED) is 0.251. The zero-order chi connectivity index (χ0) is 20.2. The van der Waals surface area contributed by atoms with E-state index < -0.39 is 0 Å². The summed E-state index contributed by atoms with van der Waals surface area (Å²) in [7, 11) is 1.81. The predicted molar refractivity (Wildman–Crippen MR) is 121 cm³/mol. The summed E-state index contributed by atoms with van der Waals surface area (Å²) in [5.41, 5.74) is 0. The third kappa shape index (κ3) is 7.75. The first-order valence-corrected chi connectivity index (χ1v) is 11.9. The van der Waals surface area contributed by atoms with Gasteiger partial charge in [0.1, 0.15) is 5.82 Å². The van der Waals surface area contributed by atoms with Crippen molar-refractivity contribution in [3.05, 3.63) is 36.2 Å². The van der Waals surface area contributed by atoms with Gasteiger partial charge in [-0.05, 0) is 30.7 Å². The highest BCUT2D eigenvalue weighted by atomic mass is 32.2. The molecule has 1 heterocycles. The summed E-state index contributed by atoms with van der Waals surface area (Å²) in [4.78, 5) is 5.59. The van der Waals surface area contributed by atoms with Gasteiger partial charge < -0.3 is 15.2 Å². The first-order valence-electron chi connectivity index (χ1n) is 9.72. The van der Waals surface area contributed by atoms with Gasteiger partial charge in [0, 0.05) is 43.8 Å². The second-order valence-corrected chi connectivity index (χ2v) is 8.74. The van der Waals surface area contributed by atoms with Gasteiger partial charge in [0.2, 0.25) is 0 Å². The molecule has 0 radical (unpaired) electrons. The average molecular weight is 421 g/mol. The molecule has 0 fully saturated rings. The first-order chi connectivity index (χ1) is 13.6. The monoisotopic (exact) mass is 420 g/mol. The lowest BCUT2D eigenvalue weighted by Gasteiger charge is -2.13. The number of rotatable bonds is 11. The maximum atomic E-state index is 4.38. The summed E-state index contributed by atoms with van der Waals surface area (Å²) < 4.78 is 2.25. The van der Waals surface area contributed by atoms with E-state index in [1.807, 2.05) is 24.9 Å². The largest absolute Gasteiger partial charge is 0.356 e. The molecule has 0 saturated carbocycles. The maximum Gasteiger partial charge on any atom is 0.191 e. The van der Waals surface area contributed by atoms with Crippen LogP contribution < -0.4 is 10.6 Å². The lowest BCUT2D eigenvalue weighted by Crippen LogP contribution is -2.39. The van der Waals surface area contributed by atoms with Crippen molar-refractivity contribution in [2.45, 2.75) is 43.3 Å². The Morgan fingerprint density at radius 3 is 2.57 bits per heavy atom. The third-order valence-electron chi connectivity index (χ3n) is 4.02. The van der Waals surface area contributed by atoms with Crippen molar-refractivity contribution >= 4 is 29.5 Å². The third-order valence-corrected chi connectivity index (χ3v) is 5.70. The molecular weight excluding hydrogens is 388 g/mol. The fraction of sp³-hybridized carbons (Fsp3) is 0.550. The Kier molecular flexibility index (Phi) is 10.3. The molecule has 2 N–H and O–H groups in total. The molecule has 2 aromatic rings. The van der Waals surface area contributed by atoms with Gasteiger partial charge in [0.05, 0.1) is 0 Å². The number of nitrogens with zero attached hydrogens (tertiary/aromatic N) is 4. The predicted octanol–water partition coefficient (Wildman–Crippen LogP) is 3.55. The van der Waals surface area contributed by atoms with Crippen LogP contribution in [-0.4, -0.2) is 52.9 Å². The summed E-state index contributed by atoms with van der Waals surface area (Å²) in [6.45, 7) is 7.14. The SMILES string of the molecule is CN=C(NCCCc1nnc(SC)n1CC(C)C)NCCSc1ccccc1. The number of hydrogen-bond donors (Lipinski definition) is 2. The van der Waals surface area contributed by atoms with E-state index >= 15 is 0 Å². The van der Waals surface area contributed by atoms with Crippen LogP contribution in [0.1, 0.15) is 26.1 Å². The highest BCUT2D eigenvalue weighted by Gasteiger charge is 2.12. The van der Waals surface area contributed by atoms with Crippen LogP contribution >= 0.6 is 23.5 Å². The second kappa shape index (κ2) is 12.7. The highest BCUT2D eigenvalue weighted by molar-refractivity contribution is 7.99. The molecule has 6 nitrogen and oxygen atoms in total. The van der Waals surface area contributed by atoms with Crippen molar-refractivity contribution in [2.24, 2.45) is 10.9 Å². The standard InChI is InChI=1S/C20H32N6S2/c1-16(2)15-26-18(24-25-20(26)27-4)11-8-12-22-19(21-3)23-13-14-28-17-9-6-5-7-10-17/h5-7,9-10,16H,8,11-15H2,1-4H3,(H2,21,22,23). The molecule has 0 bridgehead atoms. The summed E-state index contributed by atoms with van der Waals surface area (Å²) in [5, 5.41) is 16.5. The zero-order valence-electron chi connectivity index (χ0n) is 17.3. The molecule has 0 amide bonds. The molecule has 0 aliphatic heterocycles. The van der Waals surface area contributed by atoms with Gasteiger partial charge in [-0.25, -0.2) is 0 Å². The Morgan fingerprint density at radius 1 is 1.14 bits per heavy atom. The minimum absolute atomic E-state index is 0.579.